The van der Waals surface area contributed by atoms with Crippen LogP contribution in [0.5, 0.6) is 11.5 Å². The van der Waals surface area contributed by atoms with E-state index in [0.717, 1.165) is 27.8 Å². The van der Waals surface area contributed by atoms with Crippen molar-refractivity contribution in [1.82, 2.24) is 0 Å². The first-order valence-electron chi connectivity index (χ1n) is 11.4. The molecule has 176 valence electrons. The summed E-state index contributed by atoms with van der Waals surface area (Å²) in [5, 5.41) is 21.0. The number of methoxy groups -OCH3 is 1. The number of rotatable bonds is 6. The van der Waals surface area contributed by atoms with Crippen LogP contribution in [0.25, 0.3) is 22.5 Å². The number of aromatic hydroxyl groups is 1. The Morgan fingerprint density at radius 3 is 2.29 bits per heavy atom. The Morgan fingerprint density at radius 2 is 1.68 bits per heavy atom. The lowest BCUT2D eigenvalue weighted by Gasteiger charge is -2.12. The van der Waals surface area contributed by atoms with Crippen LogP contribution in [0.4, 0.5) is 0 Å². The minimum absolute atomic E-state index is 0.0889. The molecule has 1 heterocycles. The summed E-state index contributed by atoms with van der Waals surface area (Å²) in [5.74, 6) is 0.873. The third-order valence-electron chi connectivity index (χ3n) is 6.41. The number of ether oxygens (including phenoxy) is 1. The highest BCUT2D eigenvalue weighted by molar-refractivity contribution is 5.90. The van der Waals surface area contributed by atoms with E-state index in [0.29, 0.717) is 17.2 Å². The zero-order chi connectivity index (χ0) is 24.6. The lowest BCUT2D eigenvalue weighted by atomic mass is 9.99. The molecule has 5 nitrogen and oxygen atoms in total. The summed E-state index contributed by atoms with van der Waals surface area (Å²) < 4.78 is 11.2. The second kappa shape index (κ2) is 9.35. The number of hydrogen-bond donors (Lipinski definition) is 2. The maximum absolute atomic E-state index is 13.3. The Balaban J connectivity index is 1.88. The highest BCUT2D eigenvalue weighted by atomic mass is 16.5. The van der Waals surface area contributed by atoms with Gasteiger partial charge in [0.25, 0.3) is 0 Å². The molecule has 2 aliphatic rings. The van der Waals surface area contributed by atoms with Crippen LogP contribution in [0.2, 0.25) is 0 Å². The molecule has 4 rings (SSSR count). The van der Waals surface area contributed by atoms with Crippen LogP contribution in [0.1, 0.15) is 53.3 Å². The van der Waals surface area contributed by atoms with Crippen LogP contribution in [0.15, 0.2) is 57.7 Å². The number of aliphatic hydroxyl groups is 1. The zero-order valence-electron chi connectivity index (χ0n) is 20.2. The van der Waals surface area contributed by atoms with Gasteiger partial charge in [-0.15, -0.1) is 0 Å². The average molecular weight is 459 g/mol. The highest BCUT2D eigenvalue weighted by Gasteiger charge is 2.25. The quantitative estimate of drug-likeness (QED) is 0.373. The van der Waals surface area contributed by atoms with Crippen molar-refractivity contribution in [2.45, 2.75) is 46.6 Å². The van der Waals surface area contributed by atoms with Gasteiger partial charge in [-0.3, -0.25) is 4.79 Å². The third-order valence-corrected chi connectivity index (χ3v) is 6.41. The molecule has 5 heteroatoms. The molecule has 0 fully saturated rings. The first-order valence-corrected chi connectivity index (χ1v) is 11.4. The zero-order valence-corrected chi connectivity index (χ0v) is 20.2. The second-order valence-corrected chi connectivity index (χ2v) is 9.04. The Morgan fingerprint density at radius 1 is 0.971 bits per heavy atom. The van der Waals surface area contributed by atoms with Gasteiger partial charge in [0.1, 0.15) is 18.1 Å². The predicted molar refractivity (Wildman–Crippen MR) is 134 cm³/mol. The summed E-state index contributed by atoms with van der Waals surface area (Å²) in [7, 11) is 1.59. The SMILES string of the molecule is COc1ccc(Cc2c(CO)oc(-c3cc(C)c4ccc(C(C)C)cc(C)c3-4)c(O)c2=O)cc1. The van der Waals surface area contributed by atoms with Crippen molar-refractivity contribution in [3.63, 3.8) is 0 Å². The molecule has 1 aromatic heterocycles. The molecule has 0 saturated heterocycles. The van der Waals surface area contributed by atoms with Gasteiger partial charge in [-0.1, -0.05) is 44.2 Å². The van der Waals surface area contributed by atoms with E-state index in [4.69, 9.17) is 9.15 Å². The molecule has 0 bridgehead atoms. The largest absolute Gasteiger partial charge is 0.502 e. The molecule has 0 spiro atoms. The van der Waals surface area contributed by atoms with Crippen molar-refractivity contribution in [3.8, 4) is 33.9 Å². The first-order chi connectivity index (χ1) is 16.2. The number of benzene rings is 1. The van der Waals surface area contributed by atoms with E-state index in [1.54, 1.807) is 19.2 Å². The van der Waals surface area contributed by atoms with Crippen LogP contribution in [0.3, 0.4) is 0 Å². The smallest absolute Gasteiger partial charge is 0.231 e. The maximum Gasteiger partial charge on any atom is 0.231 e. The van der Waals surface area contributed by atoms with E-state index in [2.05, 4.69) is 32.0 Å². The Labute approximate surface area is 199 Å². The summed E-state index contributed by atoms with van der Waals surface area (Å²) in [5.41, 5.74) is 6.42. The fourth-order valence-corrected chi connectivity index (χ4v) is 4.48. The maximum atomic E-state index is 13.3. The van der Waals surface area contributed by atoms with Crippen LogP contribution in [-0.2, 0) is 13.0 Å². The van der Waals surface area contributed by atoms with Crippen molar-refractivity contribution in [2.75, 3.05) is 7.11 Å². The van der Waals surface area contributed by atoms with Crippen molar-refractivity contribution in [1.29, 1.82) is 0 Å². The number of aryl methyl sites for hydroxylation is 2. The van der Waals surface area contributed by atoms with E-state index in [-0.39, 0.29) is 23.5 Å². The van der Waals surface area contributed by atoms with Gasteiger partial charge in [0.05, 0.1) is 7.11 Å². The van der Waals surface area contributed by atoms with Gasteiger partial charge in [-0.05, 0) is 71.3 Å². The third kappa shape index (κ3) is 4.19. The summed E-state index contributed by atoms with van der Waals surface area (Å²) in [6, 6.07) is 15.5. The normalized spacial score (nSPS) is 11.4. The molecular formula is C29H30O5. The lowest BCUT2D eigenvalue weighted by Crippen LogP contribution is -2.14. The minimum Gasteiger partial charge on any atom is -0.502 e. The average Bonchev–Trinajstić information content (AvgIpc) is 3.04. The van der Waals surface area contributed by atoms with Gasteiger partial charge < -0.3 is 19.4 Å². The molecule has 2 N–H and O–H groups in total. The van der Waals surface area contributed by atoms with Gasteiger partial charge in [-0.25, -0.2) is 0 Å². The standard InChI is InChI=1S/C29H30O5/c1-16(2)20-8-11-22-17(3)13-24(26(22)18(4)12-20)29-28(32)27(31)23(25(15-30)34-29)14-19-6-9-21(33-5)10-7-19/h6-13,16,30,32H,14-15H2,1-5H3. The molecule has 34 heavy (non-hydrogen) atoms. The van der Waals surface area contributed by atoms with E-state index in [9.17, 15) is 15.0 Å². The number of aliphatic hydroxyl groups excluding tert-OH is 1. The molecule has 0 amide bonds. The van der Waals surface area contributed by atoms with Gasteiger partial charge in [0.15, 0.2) is 5.76 Å². The van der Waals surface area contributed by atoms with Crippen molar-refractivity contribution in [2.24, 2.45) is 0 Å². The fraction of sp³-hybridized carbons (Fsp3) is 0.276. The summed E-state index contributed by atoms with van der Waals surface area (Å²) in [6.07, 6.45) is 0.225. The predicted octanol–water partition coefficient (Wildman–Crippen LogP) is 5.95. The molecule has 2 aliphatic carbocycles. The molecule has 0 radical (unpaired) electrons. The first kappa shape index (κ1) is 23.6. The van der Waals surface area contributed by atoms with Gasteiger partial charge >= 0.3 is 0 Å². The highest BCUT2D eigenvalue weighted by Crippen LogP contribution is 2.43. The Hall–Kier alpha value is -3.57. The van der Waals surface area contributed by atoms with E-state index in [1.807, 2.05) is 32.0 Å². The second-order valence-electron chi connectivity index (χ2n) is 9.04. The van der Waals surface area contributed by atoms with Gasteiger partial charge in [-0.2, -0.15) is 0 Å². The van der Waals surface area contributed by atoms with Crippen molar-refractivity contribution in [3.05, 3.63) is 92.3 Å². The molecule has 0 unspecified atom stereocenters. The van der Waals surface area contributed by atoms with Crippen molar-refractivity contribution >= 4 is 0 Å². The molecule has 0 aliphatic heterocycles. The summed E-state index contributed by atoms with van der Waals surface area (Å²) in [4.78, 5) is 13.3. The number of fused-ring (bicyclic) bond motifs is 1. The van der Waals surface area contributed by atoms with Crippen LogP contribution in [0, 0.1) is 13.8 Å². The fourth-order valence-electron chi connectivity index (χ4n) is 4.48. The number of hydrogen-bond acceptors (Lipinski definition) is 5. The monoisotopic (exact) mass is 458 g/mol. The minimum atomic E-state index is -0.533. The van der Waals surface area contributed by atoms with Crippen LogP contribution >= 0.6 is 0 Å². The van der Waals surface area contributed by atoms with Gasteiger partial charge in [0.2, 0.25) is 11.2 Å². The Bertz CT molecular complexity index is 1360. The van der Waals surface area contributed by atoms with E-state index >= 15 is 0 Å². The molecular weight excluding hydrogens is 428 g/mol. The molecule has 0 atom stereocenters. The summed E-state index contributed by atoms with van der Waals surface area (Å²) >= 11 is 0. The topological polar surface area (TPSA) is 79.9 Å². The van der Waals surface area contributed by atoms with E-state index < -0.39 is 17.8 Å². The Kier molecular flexibility index (Phi) is 6.49. The molecule has 0 saturated carbocycles. The van der Waals surface area contributed by atoms with Gasteiger partial charge in [0, 0.05) is 17.5 Å². The van der Waals surface area contributed by atoms with Crippen LogP contribution in [-0.4, -0.2) is 17.3 Å². The van der Waals surface area contributed by atoms with E-state index in [1.165, 1.54) is 5.56 Å². The van der Waals surface area contributed by atoms with Crippen molar-refractivity contribution < 1.29 is 19.4 Å². The summed E-state index contributed by atoms with van der Waals surface area (Å²) in [6.45, 7) is 7.87. The van der Waals surface area contributed by atoms with Crippen LogP contribution < -0.4 is 10.2 Å². The molecule has 2 aromatic rings. The lowest BCUT2D eigenvalue weighted by molar-refractivity contribution is 0.241. The molecule has 1 aromatic carbocycles.